The molecule has 0 bridgehead atoms. The van der Waals surface area contributed by atoms with Crippen LogP contribution in [-0.2, 0) is 4.74 Å². The molecule has 0 amide bonds. The highest BCUT2D eigenvalue weighted by Crippen LogP contribution is 2.24. The quantitative estimate of drug-likeness (QED) is 0.790. The van der Waals surface area contributed by atoms with Crippen LogP contribution >= 0.6 is 0 Å². The van der Waals surface area contributed by atoms with Gasteiger partial charge in [-0.15, -0.1) is 0 Å². The highest BCUT2D eigenvalue weighted by Gasteiger charge is 2.23. The average Bonchev–Trinajstić information content (AvgIpc) is 3.00. The van der Waals surface area contributed by atoms with Gasteiger partial charge in [-0.05, 0) is 45.3 Å². The van der Waals surface area contributed by atoms with Gasteiger partial charge in [0, 0.05) is 25.2 Å². The summed E-state index contributed by atoms with van der Waals surface area (Å²) in [5.41, 5.74) is 1.42. The predicted molar refractivity (Wildman–Crippen MR) is 83.9 cm³/mol. The lowest BCUT2D eigenvalue weighted by atomic mass is 10.1. The van der Waals surface area contributed by atoms with Gasteiger partial charge in [0.15, 0.2) is 0 Å². The van der Waals surface area contributed by atoms with Crippen LogP contribution in [0.3, 0.4) is 0 Å². The Morgan fingerprint density at radius 2 is 1.90 bits per heavy atom. The molecule has 1 aromatic rings. The summed E-state index contributed by atoms with van der Waals surface area (Å²) < 4.78 is 5.48. The third kappa shape index (κ3) is 4.58. The standard InChI is InChI=1S/C17H28N2O/c1-3-20-14-15(2)18-13-17(19-11-7-8-12-19)16-9-5-4-6-10-16/h4-6,9-10,15,17-18H,3,7-8,11-14H2,1-2H3. The van der Waals surface area contributed by atoms with E-state index in [9.17, 15) is 0 Å². The number of rotatable bonds is 8. The SMILES string of the molecule is CCOCC(C)NCC(c1ccccc1)N1CCCC1. The largest absolute Gasteiger partial charge is 0.380 e. The first kappa shape index (κ1) is 15.5. The van der Waals surface area contributed by atoms with Crippen molar-refractivity contribution in [1.29, 1.82) is 0 Å². The lowest BCUT2D eigenvalue weighted by Crippen LogP contribution is -2.39. The molecule has 20 heavy (non-hydrogen) atoms. The fourth-order valence-electron chi connectivity index (χ4n) is 2.85. The van der Waals surface area contributed by atoms with E-state index in [1.165, 1.54) is 31.5 Å². The molecule has 1 aliphatic heterocycles. The molecule has 1 aromatic carbocycles. The molecule has 0 spiro atoms. The van der Waals surface area contributed by atoms with Crippen molar-refractivity contribution in [2.75, 3.05) is 32.8 Å². The molecule has 0 aromatic heterocycles. The molecule has 1 aliphatic rings. The van der Waals surface area contributed by atoms with E-state index in [-0.39, 0.29) is 0 Å². The minimum Gasteiger partial charge on any atom is -0.380 e. The van der Waals surface area contributed by atoms with Gasteiger partial charge in [0.05, 0.1) is 6.61 Å². The number of nitrogens with zero attached hydrogens (tertiary/aromatic N) is 1. The van der Waals surface area contributed by atoms with Gasteiger partial charge in [0.1, 0.15) is 0 Å². The molecule has 1 N–H and O–H groups in total. The molecule has 1 saturated heterocycles. The van der Waals surface area contributed by atoms with Crippen molar-refractivity contribution in [3.63, 3.8) is 0 Å². The van der Waals surface area contributed by atoms with Gasteiger partial charge in [-0.2, -0.15) is 0 Å². The van der Waals surface area contributed by atoms with Crippen LogP contribution in [0.15, 0.2) is 30.3 Å². The van der Waals surface area contributed by atoms with E-state index in [1.807, 2.05) is 6.92 Å². The number of nitrogens with one attached hydrogen (secondary N) is 1. The van der Waals surface area contributed by atoms with E-state index < -0.39 is 0 Å². The van der Waals surface area contributed by atoms with E-state index in [0.717, 1.165) is 19.8 Å². The fraction of sp³-hybridized carbons (Fsp3) is 0.647. The second kappa shape index (κ2) is 8.40. The summed E-state index contributed by atoms with van der Waals surface area (Å²) in [7, 11) is 0. The van der Waals surface area contributed by atoms with Crippen molar-refractivity contribution < 1.29 is 4.74 Å². The van der Waals surface area contributed by atoms with Gasteiger partial charge < -0.3 is 10.1 Å². The Labute approximate surface area is 123 Å². The Hall–Kier alpha value is -0.900. The molecule has 2 atom stereocenters. The van der Waals surface area contributed by atoms with Crippen molar-refractivity contribution in [2.24, 2.45) is 0 Å². The van der Waals surface area contributed by atoms with E-state index in [2.05, 4.69) is 47.5 Å². The first-order valence-electron chi connectivity index (χ1n) is 7.91. The summed E-state index contributed by atoms with van der Waals surface area (Å²) in [5.74, 6) is 0. The van der Waals surface area contributed by atoms with Crippen molar-refractivity contribution >= 4 is 0 Å². The van der Waals surface area contributed by atoms with Crippen LogP contribution in [0.1, 0.15) is 38.3 Å². The lowest BCUT2D eigenvalue weighted by Gasteiger charge is -2.29. The van der Waals surface area contributed by atoms with Crippen LogP contribution in [0, 0.1) is 0 Å². The number of benzene rings is 1. The first-order chi connectivity index (χ1) is 9.81. The van der Waals surface area contributed by atoms with Crippen LogP contribution < -0.4 is 5.32 Å². The average molecular weight is 276 g/mol. The zero-order valence-electron chi connectivity index (χ0n) is 12.8. The van der Waals surface area contributed by atoms with Gasteiger partial charge in [-0.25, -0.2) is 0 Å². The molecule has 2 unspecified atom stereocenters. The summed E-state index contributed by atoms with van der Waals surface area (Å²) in [6.45, 7) is 9.27. The molecule has 1 heterocycles. The molecule has 0 saturated carbocycles. The molecule has 3 heteroatoms. The highest BCUT2D eigenvalue weighted by molar-refractivity contribution is 5.19. The first-order valence-corrected chi connectivity index (χ1v) is 7.91. The van der Waals surface area contributed by atoms with Gasteiger partial charge >= 0.3 is 0 Å². The van der Waals surface area contributed by atoms with Crippen molar-refractivity contribution in [3.05, 3.63) is 35.9 Å². The lowest BCUT2D eigenvalue weighted by molar-refractivity contribution is 0.123. The third-order valence-electron chi connectivity index (χ3n) is 4.00. The zero-order chi connectivity index (χ0) is 14.2. The Balaban J connectivity index is 1.93. The maximum atomic E-state index is 5.48. The summed E-state index contributed by atoms with van der Waals surface area (Å²) >= 11 is 0. The number of hydrogen-bond acceptors (Lipinski definition) is 3. The second-order valence-corrected chi connectivity index (χ2v) is 5.64. The summed E-state index contributed by atoms with van der Waals surface area (Å²) in [6.07, 6.45) is 2.66. The fourth-order valence-corrected chi connectivity index (χ4v) is 2.85. The Morgan fingerprint density at radius 3 is 2.55 bits per heavy atom. The minimum atomic E-state index is 0.406. The molecule has 3 nitrogen and oxygen atoms in total. The van der Waals surface area contributed by atoms with Crippen molar-refractivity contribution in [2.45, 2.75) is 38.8 Å². The number of hydrogen-bond donors (Lipinski definition) is 1. The van der Waals surface area contributed by atoms with Crippen LogP contribution in [0.5, 0.6) is 0 Å². The van der Waals surface area contributed by atoms with Crippen LogP contribution in [-0.4, -0.2) is 43.8 Å². The smallest absolute Gasteiger partial charge is 0.0616 e. The Bertz CT molecular complexity index is 363. The predicted octanol–water partition coefficient (Wildman–Crippen LogP) is 2.84. The number of likely N-dealkylation sites (tertiary alicyclic amines) is 1. The van der Waals surface area contributed by atoms with Gasteiger partial charge in [0.2, 0.25) is 0 Å². The molecule has 0 radical (unpaired) electrons. The highest BCUT2D eigenvalue weighted by atomic mass is 16.5. The molecular formula is C17H28N2O. The maximum absolute atomic E-state index is 5.48. The summed E-state index contributed by atoms with van der Waals surface area (Å²) in [5, 5.41) is 3.63. The summed E-state index contributed by atoms with van der Waals surface area (Å²) in [4.78, 5) is 2.61. The maximum Gasteiger partial charge on any atom is 0.0616 e. The van der Waals surface area contributed by atoms with Gasteiger partial charge in [0.25, 0.3) is 0 Å². The monoisotopic (exact) mass is 276 g/mol. The van der Waals surface area contributed by atoms with E-state index in [0.29, 0.717) is 12.1 Å². The molecule has 1 fully saturated rings. The molecule has 2 rings (SSSR count). The van der Waals surface area contributed by atoms with Crippen LogP contribution in [0.4, 0.5) is 0 Å². The third-order valence-corrected chi connectivity index (χ3v) is 4.00. The van der Waals surface area contributed by atoms with Crippen molar-refractivity contribution in [3.8, 4) is 0 Å². The minimum absolute atomic E-state index is 0.406. The number of ether oxygens (including phenoxy) is 1. The topological polar surface area (TPSA) is 24.5 Å². The normalized spacial score (nSPS) is 19.1. The zero-order valence-corrected chi connectivity index (χ0v) is 12.8. The van der Waals surface area contributed by atoms with E-state index in [4.69, 9.17) is 4.74 Å². The van der Waals surface area contributed by atoms with Gasteiger partial charge in [-0.3, -0.25) is 4.90 Å². The van der Waals surface area contributed by atoms with E-state index in [1.54, 1.807) is 0 Å². The molecular weight excluding hydrogens is 248 g/mol. The second-order valence-electron chi connectivity index (χ2n) is 5.64. The van der Waals surface area contributed by atoms with Gasteiger partial charge in [-0.1, -0.05) is 30.3 Å². The Morgan fingerprint density at radius 1 is 1.20 bits per heavy atom. The van der Waals surface area contributed by atoms with E-state index >= 15 is 0 Å². The summed E-state index contributed by atoms with van der Waals surface area (Å²) in [6, 6.07) is 11.8. The van der Waals surface area contributed by atoms with Crippen molar-refractivity contribution in [1.82, 2.24) is 10.2 Å². The van der Waals surface area contributed by atoms with Crippen LogP contribution in [0.25, 0.3) is 0 Å². The van der Waals surface area contributed by atoms with Crippen LogP contribution in [0.2, 0.25) is 0 Å². The Kier molecular flexibility index (Phi) is 6.51. The molecule has 112 valence electrons. The molecule has 0 aliphatic carbocycles.